The maximum atomic E-state index is 12.7. The fourth-order valence-corrected chi connectivity index (χ4v) is 3.56. The molecular formula is C21H23N7O. The third kappa shape index (κ3) is 3.16. The predicted molar refractivity (Wildman–Crippen MR) is 113 cm³/mol. The third-order valence-electron chi connectivity index (χ3n) is 5.03. The predicted octanol–water partition coefficient (Wildman–Crippen LogP) is 3.13. The van der Waals surface area contributed by atoms with E-state index in [1.54, 1.807) is 10.7 Å². The number of rotatable bonds is 4. The van der Waals surface area contributed by atoms with Crippen LogP contribution in [0.15, 0.2) is 47.5 Å². The van der Waals surface area contributed by atoms with E-state index >= 15 is 0 Å². The van der Waals surface area contributed by atoms with Crippen LogP contribution in [-0.4, -0.2) is 29.5 Å². The van der Waals surface area contributed by atoms with Gasteiger partial charge in [0.05, 0.1) is 28.9 Å². The van der Waals surface area contributed by atoms with E-state index in [4.69, 9.17) is 10.8 Å². The zero-order valence-corrected chi connectivity index (χ0v) is 16.9. The van der Waals surface area contributed by atoms with Gasteiger partial charge in [0.25, 0.3) is 5.56 Å². The largest absolute Gasteiger partial charge is 0.383 e. The molecule has 0 saturated carbocycles. The molecule has 2 N–H and O–H groups in total. The van der Waals surface area contributed by atoms with E-state index in [9.17, 15) is 4.79 Å². The first kappa shape index (κ1) is 18.8. The second-order valence-electron chi connectivity index (χ2n) is 7.35. The van der Waals surface area contributed by atoms with Crippen molar-refractivity contribution in [1.82, 2.24) is 29.5 Å². The molecule has 0 aliphatic carbocycles. The highest BCUT2D eigenvalue weighted by Crippen LogP contribution is 2.31. The molecule has 0 amide bonds. The first-order chi connectivity index (χ1) is 13.9. The Morgan fingerprint density at radius 2 is 1.72 bits per heavy atom. The van der Waals surface area contributed by atoms with Gasteiger partial charge in [-0.1, -0.05) is 30.3 Å². The molecule has 0 spiro atoms. The number of hydrogen-bond acceptors (Lipinski definition) is 6. The highest BCUT2D eigenvalue weighted by atomic mass is 16.1. The molecule has 0 saturated heterocycles. The lowest BCUT2D eigenvalue weighted by Crippen LogP contribution is -2.27. The number of nitrogens with two attached hydrogens (primary N) is 1. The van der Waals surface area contributed by atoms with Crippen molar-refractivity contribution >= 4 is 16.9 Å². The number of nitrogens with zero attached hydrogens (tertiary/aromatic N) is 6. The van der Waals surface area contributed by atoms with Crippen molar-refractivity contribution in [2.45, 2.75) is 39.8 Å². The Kier molecular flexibility index (Phi) is 4.62. The van der Waals surface area contributed by atoms with Crippen LogP contribution in [0.3, 0.4) is 0 Å². The molecule has 0 aliphatic rings. The van der Waals surface area contributed by atoms with Crippen LogP contribution in [0.5, 0.6) is 0 Å². The van der Waals surface area contributed by atoms with Crippen molar-refractivity contribution in [2.75, 3.05) is 5.73 Å². The van der Waals surface area contributed by atoms with E-state index in [2.05, 4.69) is 15.1 Å². The lowest BCUT2D eigenvalue weighted by Gasteiger charge is -2.19. The van der Waals surface area contributed by atoms with Crippen molar-refractivity contribution in [3.8, 4) is 11.3 Å². The smallest absolute Gasteiger partial charge is 0.267 e. The Labute approximate surface area is 168 Å². The van der Waals surface area contributed by atoms with E-state index in [-0.39, 0.29) is 17.6 Å². The zero-order valence-electron chi connectivity index (χ0n) is 16.9. The zero-order chi connectivity index (χ0) is 20.7. The van der Waals surface area contributed by atoms with E-state index < -0.39 is 0 Å². The Bertz CT molecular complexity index is 1240. The van der Waals surface area contributed by atoms with Crippen LogP contribution >= 0.6 is 0 Å². The molecule has 3 heterocycles. The van der Waals surface area contributed by atoms with Crippen molar-refractivity contribution in [3.05, 3.63) is 64.3 Å². The summed E-state index contributed by atoms with van der Waals surface area (Å²) in [6.45, 7) is 7.73. The molecule has 1 atom stereocenters. The summed E-state index contributed by atoms with van der Waals surface area (Å²) in [7, 11) is 0. The molecule has 4 aromatic rings. The number of aryl methyl sites for hydroxylation is 1. The van der Waals surface area contributed by atoms with Crippen molar-refractivity contribution < 1.29 is 0 Å². The molecule has 1 unspecified atom stereocenters. The molecule has 0 radical (unpaired) electrons. The second kappa shape index (κ2) is 7.12. The number of aromatic nitrogens is 6. The summed E-state index contributed by atoms with van der Waals surface area (Å²) in [6, 6.07) is 11.2. The van der Waals surface area contributed by atoms with Gasteiger partial charge in [-0.3, -0.25) is 4.79 Å². The quantitative estimate of drug-likeness (QED) is 0.575. The summed E-state index contributed by atoms with van der Waals surface area (Å²) in [5.74, 6) is 0.391. The molecule has 148 valence electrons. The average molecular weight is 389 g/mol. The standard InChI is InChI=1S/C21H23N7O/c1-12(2)27-17(29)10-16(19(26-27)15-8-6-5-7-9-15)14(4)28-21-18(13(3)25-28)20(22)23-11-24-21/h5-12,14H,1-4H3,(H2,22,23,24). The number of nitrogen functional groups attached to an aromatic ring is 1. The fourth-order valence-electron chi connectivity index (χ4n) is 3.56. The Morgan fingerprint density at radius 1 is 1.00 bits per heavy atom. The highest BCUT2D eigenvalue weighted by molar-refractivity contribution is 5.88. The van der Waals surface area contributed by atoms with Crippen LogP contribution in [0.1, 0.15) is 44.1 Å². The molecule has 1 aromatic carbocycles. The Hall–Kier alpha value is -3.55. The number of anilines is 1. The fraction of sp³-hybridized carbons (Fsp3) is 0.286. The molecule has 8 nitrogen and oxygen atoms in total. The van der Waals surface area contributed by atoms with Crippen molar-refractivity contribution in [3.63, 3.8) is 0 Å². The molecule has 29 heavy (non-hydrogen) atoms. The first-order valence-electron chi connectivity index (χ1n) is 9.53. The number of fused-ring (bicyclic) bond motifs is 1. The van der Waals surface area contributed by atoms with Gasteiger partial charge in [-0.2, -0.15) is 10.2 Å². The van der Waals surface area contributed by atoms with E-state index in [0.29, 0.717) is 11.5 Å². The van der Waals surface area contributed by atoms with Gasteiger partial charge in [0.15, 0.2) is 5.65 Å². The van der Waals surface area contributed by atoms with Crippen LogP contribution in [0.25, 0.3) is 22.3 Å². The summed E-state index contributed by atoms with van der Waals surface area (Å²) in [5.41, 5.74) is 9.73. The van der Waals surface area contributed by atoms with Crippen LogP contribution < -0.4 is 11.3 Å². The Balaban J connectivity index is 1.97. The van der Waals surface area contributed by atoms with Gasteiger partial charge < -0.3 is 5.73 Å². The van der Waals surface area contributed by atoms with E-state index in [0.717, 1.165) is 27.9 Å². The SMILES string of the molecule is Cc1nn(C(C)c2cc(=O)n(C(C)C)nc2-c2ccccc2)c2ncnc(N)c12. The van der Waals surface area contributed by atoms with Crippen LogP contribution in [0, 0.1) is 6.92 Å². The summed E-state index contributed by atoms with van der Waals surface area (Å²) < 4.78 is 3.29. The molecule has 3 aromatic heterocycles. The highest BCUT2D eigenvalue weighted by Gasteiger charge is 2.23. The van der Waals surface area contributed by atoms with Crippen molar-refractivity contribution in [2.24, 2.45) is 0 Å². The minimum absolute atomic E-state index is 0.0466. The van der Waals surface area contributed by atoms with Gasteiger partial charge in [-0.15, -0.1) is 0 Å². The second-order valence-corrected chi connectivity index (χ2v) is 7.35. The topological polar surface area (TPSA) is 105 Å². The van der Waals surface area contributed by atoms with Gasteiger partial charge in [-0.25, -0.2) is 19.3 Å². The Morgan fingerprint density at radius 3 is 2.41 bits per heavy atom. The first-order valence-corrected chi connectivity index (χ1v) is 9.53. The average Bonchev–Trinajstić information content (AvgIpc) is 3.05. The van der Waals surface area contributed by atoms with E-state index in [1.807, 2.05) is 58.0 Å². The maximum absolute atomic E-state index is 12.7. The molecule has 8 heteroatoms. The summed E-state index contributed by atoms with van der Waals surface area (Å²) in [4.78, 5) is 21.2. The molecular weight excluding hydrogens is 366 g/mol. The minimum atomic E-state index is -0.280. The summed E-state index contributed by atoms with van der Waals surface area (Å²) >= 11 is 0. The van der Waals surface area contributed by atoms with Gasteiger partial charge in [0.2, 0.25) is 0 Å². The van der Waals surface area contributed by atoms with E-state index in [1.165, 1.54) is 11.0 Å². The minimum Gasteiger partial charge on any atom is -0.383 e. The number of benzene rings is 1. The molecule has 4 rings (SSSR count). The summed E-state index contributed by atoms with van der Waals surface area (Å²) in [5, 5.41) is 10.1. The van der Waals surface area contributed by atoms with Crippen LogP contribution in [-0.2, 0) is 0 Å². The molecule has 0 fully saturated rings. The van der Waals surface area contributed by atoms with Gasteiger partial charge >= 0.3 is 0 Å². The van der Waals surface area contributed by atoms with Crippen LogP contribution in [0.4, 0.5) is 5.82 Å². The van der Waals surface area contributed by atoms with Gasteiger partial charge in [0.1, 0.15) is 12.1 Å². The lowest BCUT2D eigenvalue weighted by molar-refractivity contribution is 0.495. The lowest BCUT2D eigenvalue weighted by atomic mass is 10.0. The maximum Gasteiger partial charge on any atom is 0.267 e. The normalized spacial score (nSPS) is 12.6. The van der Waals surface area contributed by atoms with Crippen molar-refractivity contribution in [1.29, 1.82) is 0 Å². The summed E-state index contributed by atoms with van der Waals surface area (Å²) in [6.07, 6.45) is 1.43. The number of hydrogen-bond donors (Lipinski definition) is 1. The molecule has 0 aliphatic heterocycles. The van der Waals surface area contributed by atoms with Gasteiger partial charge in [-0.05, 0) is 27.7 Å². The van der Waals surface area contributed by atoms with Gasteiger partial charge in [0, 0.05) is 17.2 Å². The molecule has 0 bridgehead atoms. The monoisotopic (exact) mass is 389 g/mol. The third-order valence-corrected chi connectivity index (χ3v) is 5.03. The van der Waals surface area contributed by atoms with Crippen LogP contribution in [0.2, 0.25) is 0 Å².